The van der Waals surface area contributed by atoms with Gasteiger partial charge in [-0.25, -0.2) is 0 Å². The molecule has 58 heavy (non-hydrogen) atoms. The maximum Gasteiger partial charge on any atom is 0.0448 e. The van der Waals surface area contributed by atoms with Gasteiger partial charge in [0.05, 0.1) is 0 Å². The average Bonchev–Trinajstić information content (AvgIpc) is 3.85. The minimum atomic E-state index is 1.26. The molecule has 0 nitrogen and oxygen atoms in total. The molecule has 2 heteroatoms. The zero-order valence-electron chi connectivity index (χ0n) is 31.3. The average molecular weight is 769 g/mol. The Balaban J connectivity index is 1.12. The Labute approximate surface area is 342 Å². The van der Waals surface area contributed by atoms with Gasteiger partial charge in [-0.15, -0.1) is 22.7 Å². The Morgan fingerprint density at radius 1 is 0.241 bits per heavy atom. The van der Waals surface area contributed by atoms with Gasteiger partial charge in [0, 0.05) is 45.9 Å². The van der Waals surface area contributed by atoms with Crippen LogP contribution in [0.5, 0.6) is 0 Å². The quantitative estimate of drug-likeness (QED) is 0.157. The third-order valence-electron chi connectivity index (χ3n) is 12.4. The summed E-state index contributed by atoms with van der Waals surface area (Å²) in [5, 5.41) is 18.2. The molecule has 0 amide bonds. The van der Waals surface area contributed by atoms with Gasteiger partial charge in [-0.1, -0.05) is 176 Å². The van der Waals surface area contributed by atoms with Crippen molar-refractivity contribution in [3.8, 4) is 33.4 Å². The molecule has 13 rings (SSSR count). The van der Waals surface area contributed by atoms with Crippen LogP contribution in [0.3, 0.4) is 0 Å². The van der Waals surface area contributed by atoms with Crippen LogP contribution in [-0.4, -0.2) is 0 Å². The van der Waals surface area contributed by atoms with Crippen molar-refractivity contribution in [1.29, 1.82) is 0 Å². The van der Waals surface area contributed by atoms with E-state index in [2.05, 4.69) is 194 Å². The van der Waals surface area contributed by atoms with Crippen LogP contribution in [0.15, 0.2) is 194 Å². The summed E-state index contributed by atoms with van der Waals surface area (Å²) in [6.07, 6.45) is 0. The second kappa shape index (κ2) is 12.3. The van der Waals surface area contributed by atoms with E-state index in [1.165, 1.54) is 128 Å². The van der Waals surface area contributed by atoms with Gasteiger partial charge in [0.1, 0.15) is 0 Å². The molecule has 0 saturated carbocycles. The molecule has 0 aliphatic heterocycles. The maximum absolute atomic E-state index is 2.45. The lowest BCUT2D eigenvalue weighted by atomic mass is 9.82. The largest absolute Gasteiger partial charge is 0.134 e. The SMILES string of the molecule is c1ccc2c(-c3c4ccccc4c(-c4ccc(-c5c6ccccc6cc6c5sc5ccc7c8ccccc8sc7c56)c5ccccc45)c4ccccc34)cccc2c1. The fourth-order valence-electron chi connectivity index (χ4n) is 10.00. The Morgan fingerprint density at radius 3 is 1.40 bits per heavy atom. The molecule has 0 unspecified atom stereocenters. The second-order valence-electron chi connectivity index (χ2n) is 15.4. The fraction of sp³-hybridized carbons (Fsp3) is 0. The number of hydrogen-bond acceptors (Lipinski definition) is 2. The highest BCUT2D eigenvalue weighted by Crippen LogP contribution is 2.52. The molecule has 0 bridgehead atoms. The Kier molecular flexibility index (Phi) is 6.86. The van der Waals surface area contributed by atoms with Crippen LogP contribution in [0, 0.1) is 0 Å². The van der Waals surface area contributed by atoms with Crippen molar-refractivity contribution in [2.45, 2.75) is 0 Å². The summed E-state index contributed by atoms with van der Waals surface area (Å²) >= 11 is 3.87. The number of thiophene rings is 2. The molecule has 0 aliphatic rings. The van der Waals surface area contributed by atoms with Gasteiger partial charge < -0.3 is 0 Å². The summed E-state index contributed by atoms with van der Waals surface area (Å²) in [5.41, 5.74) is 7.72. The maximum atomic E-state index is 2.45. The summed E-state index contributed by atoms with van der Waals surface area (Å²) in [6, 6.07) is 72.5. The highest BCUT2D eigenvalue weighted by Gasteiger charge is 2.23. The lowest BCUT2D eigenvalue weighted by Crippen LogP contribution is -1.93. The highest BCUT2D eigenvalue weighted by atomic mass is 32.1. The smallest absolute Gasteiger partial charge is 0.0448 e. The first-order valence-electron chi connectivity index (χ1n) is 19.9. The van der Waals surface area contributed by atoms with E-state index in [0.29, 0.717) is 0 Å². The van der Waals surface area contributed by atoms with E-state index in [1.54, 1.807) is 0 Å². The monoisotopic (exact) mass is 768 g/mol. The minimum absolute atomic E-state index is 1.26. The number of rotatable bonds is 3. The molecule has 13 aromatic rings. The van der Waals surface area contributed by atoms with Crippen molar-refractivity contribution in [2.24, 2.45) is 0 Å². The van der Waals surface area contributed by atoms with Crippen molar-refractivity contribution < 1.29 is 0 Å². The molecule has 0 fully saturated rings. The van der Waals surface area contributed by atoms with Gasteiger partial charge in [-0.2, -0.15) is 0 Å². The van der Waals surface area contributed by atoms with Crippen molar-refractivity contribution >= 4 is 117 Å². The van der Waals surface area contributed by atoms with Crippen LogP contribution in [0.25, 0.3) is 128 Å². The van der Waals surface area contributed by atoms with Crippen molar-refractivity contribution in [3.05, 3.63) is 194 Å². The molecule has 0 atom stereocenters. The summed E-state index contributed by atoms with van der Waals surface area (Å²) in [7, 11) is 0. The van der Waals surface area contributed by atoms with E-state index >= 15 is 0 Å². The molecule has 0 radical (unpaired) electrons. The first kappa shape index (κ1) is 32.3. The molecular weight excluding hydrogens is 737 g/mol. The highest BCUT2D eigenvalue weighted by molar-refractivity contribution is 7.30. The van der Waals surface area contributed by atoms with Gasteiger partial charge in [0.15, 0.2) is 0 Å². The van der Waals surface area contributed by atoms with Crippen LogP contribution in [0.1, 0.15) is 0 Å². The van der Waals surface area contributed by atoms with Crippen LogP contribution in [-0.2, 0) is 0 Å². The summed E-state index contributed by atoms with van der Waals surface area (Å²) in [5.74, 6) is 0. The lowest BCUT2D eigenvalue weighted by Gasteiger charge is -2.20. The zero-order chi connectivity index (χ0) is 37.9. The lowest BCUT2D eigenvalue weighted by molar-refractivity contribution is 1.68. The van der Waals surface area contributed by atoms with Crippen molar-refractivity contribution in [2.75, 3.05) is 0 Å². The third kappa shape index (κ3) is 4.50. The topological polar surface area (TPSA) is 0 Å². The molecule has 2 aromatic heterocycles. The Hall–Kier alpha value is -6.84. The van der Waals surface area contributed by atoms with Crippen LogP contribution >= 0.6 is 22.7 Å². The molecule has 0 spiro atoms. The molecule has 11 aromatic carbocycles. The first-order valence-corrected chi connectivity index (χ1v) is 21.6. The molecular formula is C56H32S2. The van der Waals surface area contributed by atoms with Crippen LogP contribution in [0.4, 0.5) is 0 Å². The van der Waals surface area contributed by atoms with E-state index in [0.717, 1.165) is 0 Å². The normalized spacial score (nSPS) is 12.1. The third-order valence-corrected chi connectivity index (χ3v) is 14.8. The van der Waals surface area contributed by atoms with Gasteiger partial charge in [-0.05, 0) is 99.9 Å². The summed E-state index contributed by atoms with van der Waals surface area (Å²) < 4.78 is 5.43. The Morgan fingerprint density at radius 2 is 0.724 bits per heavy atom. The molecule has 2 heterocycles. The minimum Gasteiger partial charge on any atom is -0.134 e. The standard InChI is InChI=1S/C56H32S2/c1-3-17-35-33(14-1)16-13-26-40(35)51-41-22-7-9-24-43(41)52(44-25-10-8-23-42(44)51)45-28-29-46(38-20-6-5-19-37(38)45)53-36-18-4-2-15-34(36)32-48-54-50(58-56(48)53)31-30-47-39-21-11-12-27-49(39)57-55(47)54/h1-32H. The summed E-state index contributed by atoms with van der Waals surface area (Å²) in [4.78, 5) is 0. The predicted molar refractivity (Wildman–Crippen MR) is 256 cm³/mol. The number of benzene rings is 11. The van der Waals surface area contributed by atoms with E-state index < -0.39 is 0 Å². The van der Waals surface area contributed by atoms with Gasteiger partial charge in [-0.3, -0.25) is 0 Å². The van der Waals surface area contributed by atoms with Gasteiger partial charge in [0.25, 0.3) is 0 Å². The Bertz CT molecular complexity index is 3800. The molecule has 268 valence electrons. The predicted octanol–water partition coefficient (Wildman–Crippen LogP) is 17.2. The van der Waals surface area contributed by atoms with E-state index in [-0.39, 0.29) is 0 Å². The fourth-order valence-corrected chi connectivity index (χ4v) is 12.6. The van der Waals surface area contributed by atoms with Gasteiger partial charge in [0.2, 0.25) is 0 Å². The van der Waals surface area contributed by atoms with E-state index in [4.69, 9.17) is 0 Å². The molecule has 0 N–H and O–H groups in total. The van der Waals surface area contributed by atoms with Crippen LogP contribution < -0.4 is 0 Å². The number of hydrogen-bond donors (Lipinski definition) is 0. The van der Waals surface area contributed by atoms with E-state index in [1.807, 2.05) is 22.7 Å². The number of fused-ring (bicyclic) bond motifs is 12. The van der Waals surface area contributed by atoms with Crippen LogP contribution in [0.2, 0.25) is 0 Å². The molecule has 0 aliphatic carbocycles. The summed E-state index contributed by atoms with van der Waals surface area (Å²) in [6.45, 7) is 0. The van der Waals surface area contributed by atoms with Crippen molar-refractivity contribution in [3.63, 3.8) is 0 Å². The van der Waals surface area contributed by atoms with Gasteiger partial charge >= 0.3 is 0 Å². The van der Waals surface area contributed by atoms with Crippen molar-refractivity contribution in [1.82, 2.24) is 0 Å². The molecule has 0 saturated heterocycles. The second-order valence-corrected chi connectivity index (χ2v) is 17.5. The van der Waals surface area contributed by atoms with E-state index in [9.17, 15) is 0 Å². The first-order chi connectivity index (χ1) is 28.8. The zero-order valence-corrected chi connectivity index (χ0v) is 32.9.